The van der Waals surface area contributed by atoms with Gasteiger partial charge in [-0.05, 0) is 12.0 Å². The molecule has 1 aromatic carbocycles. The summed E-state index contributed by atoms with van der Waals surface area (Å²) in [5, 5.41) is 15.6. The Morgan fingerprint density at radius 1 is 1.42 bits per heavy atom. The number of rotatable bonds is 6. The van der Waals surface area contributed by atoms with Crippen molar-refractivity contribution in [2.45, 2.75) is 25.9 Å². The molecule has 1 heterocycles. The Kier molecular flexibility index (Phi) is 4.30. The molecule has 0 saturated heterocycles. The molecule has 0 saturated carbocycles. The molecule has 1 unspecified atom stereocenters. The average molecular weight is 260 g/mol. The molecule has 100 valence electrons. The van der Waals surface area contributed by atoms with Crippen molar-refractivity contribution in [2.24, 2.45) is 0 Å². The van der Waals surface area contributed by atoms with Gasteiger partial charge in [0.2, 0.25) is 0 Å². The van der Waals surface area contributed by atoms with Gasteiger partial charge >= 0.3 is 5.97 Å². The quantitative estimate of drug-likeness (QED) is 0.835. The predicted molar refractivity (Wildman–Crippen MR) is 69.8 cm³/mol. The third-order valence-electron chi connectivity index (χ3n) is 2.91. The van der Waals surface area contributed by atoms with Crippen LogP contribution in [0.5, 0.6) is 0 Å². The van der Waals surface area contributed by atoms with E-state index in [2.05, 4.69) is 29.5 Å². The fourth-order valence-corrected chi connectivity index (χ4v) is 1.90. The highest BCUT2D eigenvalue weighted by atomic mass is 16.5. The molecule has 5 nitrogen and oxygen atoms in total. The summed E-state index contributed by atoms with van der Waals surface area (Å²) in [6, 6.07) is 11.7. The van der Waals surface area contributed by atoms with E-state index in [1.807, 2.05) is 18.2 Å². The molecule has 2 N–H and O–H groups in total. The minimum Gasteiger partial charge on any atom is -0.476 e. The second-order valence-electron chi connectivity index (χ2n) is 4.24. The van der Waals surface area contributed by atoms with Crippen LogP contribution in [0.3, 0.4) is 0 Å². The SMILES string of the molecule is CCC(NCc1cc(C(=O)O)no1)c1ccccc1. The first-order valence-electron chi connectivity index (χ1n) is 6.18. The summed E-state index contributed by atoms with van der Waals surface area (Å²) in [5.74, 6) is -0.558. The molecule has 0 aliphatic carbocycles. The number of carbonyl (C=O) groups is 1. The Morgan fingerprint density at radius 2 is 2.16 bits per heavy atom. The van der Waals surface area contributed by atoms with Gasteiger partial charge in [-0.15, -0.1) is 0 Å². The lowest BCUT2D eigenvalue weighted by molar-refractivity contribution is 0.0685. The van der Waals surface area contributed by atoms with E-state index in [9.17, 15) is 4.79 Å². The van der Waals surface area contributed by atoms with Gasteiger partial charge in [0.15, 0.2) is 11.5 Å². The van der Waals surface area contributed by atoms with Gasteiger partial charge in [-0.25, -0.2) is 4.79 Å². The number of benzene rings is 1. The van der Waals surface area contributed by atoms with E-state index in [0.29, 0.717) is 12.3 Å². The van der Waals surface area contributed by atoms with Gasteiger partial charge in [0.05, 0.1) is 6.54 Å². The van der Waals surface area contributed by atoms with Crippen molar-refractivity contribution in [2.75, 3.05) is 0 Å². The Labute approximate surface area is 111 Å². The fourth-order valence-electron chi connectivity index (χ4n) is 1.90. The molecule has 0 radical (unpaired) electrons. The summed E-state index contributed by atoms with van der Waals surface area (Å²) >= 11 is 0. The number of carboxylic acids is 1. The molecule has 19 heavy (non-hydrogen) atoms. The summed E-state index contributed by atoms with van der Waals surface area (Å²) in [4.78, 5) is 10.7. The molecule has 0 aliphatic rings. The minimum absolute atomic E-state index is 0.0652. The molecule has 0 spiro atoms. The number of carboxylic acid groups (broad SMARTS) is 1. The van der Waals surface area contributed by atoms with E-state index in [-0.39, 0.29) is 11.7 Å². The van der Waals surface area contributed by atoms with E-state index < -0.39 is 5.97 Å². The van der Waals surface area contributed by atoms with Crippen LogP contribution in [-0.4, -0.2) is 16.2 Å². The molecule has 0 bridgehead atoms. The normalized spacial score (nSPS) is 12.3. The standard InChI is InChI=1S/C14H16N2O3/c1-2-12(10-6-4-3-5-7-10)15-9-11-8-13(14(17)18)16-19-11/h3-8,12,15H,2,9H2,1H3,(H,17,18). The van der Waals surface area contributed by atoms with Crippen molar-refractivity contribution in [1.82, 2.24) is 10.5 Å². The Balaban J connectivity index is 1.98. The van der Waals surface area contributed by atoms with Crippen LogP contribution in [0.4, 0.5) is 0 Å². The topological polar surface area (TPSA) is 75.4 Å². The predicted octanol–water partition coefficient (Wildman–Crippen LogP) is 2.61. The summed E-state index contributed by atoms with van der Waals surface area (Å²) in [7, 11) is 0. The van der Waals surface area contributed by atoms with E-state index in [1.165, 1.54) is 11.6 Å². The second kappa shape index (κ2) is 6.15. The first-order valence-corrected chi connectivity index (χ1v) is 6.18. The Hall–Kier alpha value is -2.14. The van der Waals surface area contributed by atoms with Gasteiger partial charge in [0.25, 0.3) is 0 Å². The first kappa shape index (κ1) is 13.3. The average Bonchev–Trinajstić information content (AvgIpc) is 2.90. The second-order valence-corrected chi connectivity index (χ2v) is 4.24. The molecule has 2 rings (SSSR count). The van der Waals surface area contributed by atoms with Gasteiger partial charge in [-0.1, -0.05) is 42.4 Å². The molecule has 2 aromatic rings. The lowest BCUT2D eigenvalue weighted by Crippen LogP contribution is -2.19. The van der Waals surface area contributed by atoms with E-state index in [0.717, 1.165) is 6.42 Å². The van der Waals surface area contributed by atoms with Crippen molar-refractivity contribution in [3.05, 3.63) is 53.4 Å². The zero-order valence-corrected chi connectivity index (χ0v) is 10.7. The summed E-state index contributed by atoms with van der Waals surface area (Å²) in [6.07, 6.45) is 0.934. The summed E-state index contributed by atoms with van der Waals surface area (Å²) in [5.41, 5.74) is 1.13. The number of hydrogen-bond donors (Lipinski definition) is 2. The van der Waals surface area contributed by atoms with E-state index >= 15 is 0 Å². The fraction of sp³-hybridized carbons (Fsp3) is 0.286. The van der Waals surface area contributed by atoms with Crippen LogP contribution in [0.25, 0.3) is 0 Å². The third kappa shape index (κ3) is 3.42. The van der Waals surface area contributed by atoms with Crippen LogP contribution in [0.2, 0.25) is 0 Å². The summed E-state index contributed by atoms with van der Waals surface area (Å²) < 4.78 is 4.96. The van der Waals surface area contributed by atoms with Gasteiger partial charge in [-0.3, -0.25) is 0 Å². The van der Waals surface area contributed by atoms with Gasteiger partial charge in [0, 0.05) is 12.1 Å². The van der Waals surface area contributed by atoms with Crippen molar-refractivity contribution in [3.63, 3.8) is 0 Å². The lowest BCUT2D eigenvalue weighted by Gasteiger charge is -2.16. The highest BCUT2D eigenvalue weighted by Crippen LogP contribution is 2.16. The highest BCUT2D eigenvalue weighted by molar-refractivity contribution is 5.85. The molecule has 5 heteroatoms. The summed E-state index contributed by atoms with van der Waals surface area (Å²) in [6.45, 7) is 2.54. The number of aromatic carboxylic acids is 1. The van der Waals surface area contributed by atoms with Crippen molar-refractivity contribution < 1.29 is 14.4 Å². The number of nitrogens with zero attached hydrogens (tertiary/aromatic N) is 1. The van der Waals surface area contributed by atoms with Crippen LogP contribution >= 0.6 is 0 Å². The van der Waals surface area contributed by atoms with Crippen LogP contribution in [0.15, 0.2) is 40.9 Å². The maximum atomic E-state index is 10.7. The molecule has 0 fully saturated rings. The van der Waals surface area contributed by atoms with Crippen LogP contribution < -0.4 is 5.32 Å². The maximum absolute atomic E-state index is 10.7. The Morgan fingerprint density at radius 3 is 2.74 bits per heavy atom. The molecular weight excluding hydrogens is 244 g/mol. The number of hydrogen-bond acceptors (Lipinski definition) is 4. The molecule has 1 atom stereocenters. The molecular formula is C14H16N2O3. The van der Waals surface area contributed by atoms with Crippen LogP contribution in [0.1, 0.15) is 41.2 Å². The zero-order chi connectivity index (χ0) is 13.7. The van der Waals surface area contributed by atoms with Gasteiger partial charge in [-0.2, -0.15) is 0 Å². The number of aromatic nitrogens is 1. The first-order chi connectivity index (χ1) is 9.20. The van der Waals surface area contributed by atoms with Gasteiger partial charge in [0.1, 0.15) is 0 Å². The van der Waals surface area contributed by atoms with Crippen LogP contribution in [-0.2, 0) is 6.54 Å². The van der Waals surface area contributed by atoms with Crippen molar-refractivity contribution in [3.8, 4) is 0 Å². The van der Waals surface area contributed by atoms with E-state index in [1.54, 1.807) is 0 Å². The van der Waals surface area contributed by atoms with Crippen molar-refractivity contribution >= 4 is 5.97 Å². The highest BCUT2D eigenvalue weighted by Gasteiger charge is 2.13. The number of nitrogens with one attached hydrogen (secondary N) is 1. The Bertz CT molecular complexity index is 537. The largest absolute Gasteiger partial charge is 0.476 e. The zero-order valence-electron chi connectivity index (χ0n) is 10.7. The maximum Gasteiger partial charge on any atom is 0.358 e. The third-order valence-corrected chi connectivity index (χ3v) is 2.91. The van der Waals surface area contributed by atoms with E-state index in [4.69, 9.17) is 9.63 Å². The van der Waals surface area contributed by atoms with Gasteiger partial charge < -0.3 is 14.9 Å². The monoisotopic (exact) mass is 260 g/mol. The van der Waals surface area contributed by atoms with Crippen molar-refractivity contribution in [1.29, 1.82) is 0 Å². The minimum atomic E-state index is -1.08. The molecule has 0 amide bonds. The lowest BCUT2D eigenvalue weighted by atomic mass is 10.0. The van der Waals surface area contributed by atoms with Crippen LogP contribution in [0, 0.1) is 0 Å². The molecule has 1 aromatic heterocycles. The molecule has 0 aliphatic heterocycles. The smallest absolute Gasteiger partial charge is 0.358 e.